The van der Waals surface area contributed by atoms with Gasteiger partial charge in [0.2, 0.25) is 0 Å². The van der Waals surface area contributed by atoms with Gasteiger partial charge in [0.25, 0.3) is 0 Å². The summed E-state index contributed by atoms with van der Waals surface area (Å²) >= 11 is 15.5. The van der Waals surface area contributed by atoms with Gasteiger partial charge in [0.05, 0.1) is 10.0 Å². The number of hydrogen-bond acceptors (Lipinski definition) is 1. The Morgan fingerprint density at radius 1 is 1.11 bits per heavy atom. The van der Waals surface area contributed by atoms with E-state index in [1.165, 1.54) is 0 Å². The SMILES string of the molecule is CC(O)(c1cccc(Br)c1)c1cccc(Cl)c1Cl. The first-order valence-corrected chi connectivity index (χ1v) is 6.90. The summed E-state index contributed by atoms with van der Waals surface area (Å²) in [6.45, 7) is 1.70. The van der Waals surface area contributed by atoms with E-state index in [2.05, 4.69) is 15.9 Å². The van der Waals surface area contributed by atoms with Crippen molar-refractivity contribution in [3.05, 3.63) is 68.1 Å². The number of aliphatic hydroxyl groups is 1. The number of hydrogen-bond donors (Lipinski definition) is 1. The van der Waals surface area contributed by atoms with Crippen LogP contribution in [0.2, 0.25) is 10.0 Å². The lowest BCUT2D eigenvalue weighted by Gasteiger charge is -2.26. The fraction of sp³-hybridized carbons (Fsp3) is 0.143. The average Bonchev–Trinajstić information content (AvgIpc) is 2.32. The quantitative estimate of drug-likeness (QED) is 0.810. The first kappa shape index (κ1) is 13.9. The van der Waals surface area contributed by atoms with Crippen molar-refractivity contribution in [2.24, 2.45) is 0 Å². The average molecular weight is 346 g/mol. The Bertz CT molecular complexity index is 582. The Morgan fingerprint density at radius 3 is 2.44 bits per heavy atom. The first-order chi connectivity index (χ1) is 8.43. The van der Waals surface area contributed by atoms with E-state index in [9.17, 15) is 5.11 Å². The largest absolute Gasteiger partial charge is 0.381 e. The highest BCUT2D eigenvalue weighted by molar-refractivity contribution is 9.10. The van der Waals surface area contributed by atoms with Gasteiger partial charge >= 0.3 is 0 Å². The molecule has 0 heterocycles. The zero-order chi connectivity index (χ0) is 13.3. The molecule has 0 amide bonds. The summed E-state index contributed by atoms with van der Waals surface area (Å²) in [5.41, 5.74) is 0.155. The minimum absolute atomic E-state index is 0.379. The highest BCUT2D eigenvalue weighted by Gasteiger charge is 2.28. The van der Waals surface area contributed by atoms with Crippen LogP contribution in [0.3, 0.4) is 0 Å². The van der Waals surface area contributed by atoms with E-state index in [-0.39, 0.29) is 0 Å². The van der Waals surface area contributed by atoms with Crippen LogP contribution < -0.4 is 0 Å². The molecule has 1 N–H and O–H groups in total. The molecule has 0 saturated carbocycles. The Labute approximate surface area is 124 Å². The van der Waals surface area contributed by atoms with Crippen molar-refractivity contribution in [1.82, 2.24) is 0 Å². The van der Waals surface area contributed by atoms with E-state index in [1.807, 2.05) is 24.3 Å². The molecule has 0 aliphatic heterocycles. The Balaban J connectivity index is 2.57. The molecule has 2 aromatic rings. The molecule has 1 nitrogen and oxygen atoms in total. The summed E-state index contributed by atoms with van der Waals surface area (Å²) in [5, 5.41) is 11.5. The number of halogens is 3. The van der Waals surface area contributed by atoms with Crippen molar-refractivity contribution in [3.63, 3.8) is 0 Å². The van der Waals surface area contributed by atoms with Gasteiger partial charge in [-0.15, -0.1) is 0 Å². The predicted molar refractivity (Wildman–Crippen MR) is 79.3 cm³/mol. The first-order valence-electron chi connectivity index (χ1n) is 5.36. The summed E-state index contributed by atoms with van der Waals surface area (Å²) < 4.78 is 0.901. The Morgan fingerprint density at radius 2 is 1.78 bits per heavy atom. The van der Waals surface area contributed by atoms with Crippen molar-refractivity contribution in [3.8, 4) is 0 Å². The van der Waals surface area contributed by atoms with Crippen molar-refractivity contribution in [1.29, 1.82) is 0 Å². The maximum atomic E-state index is 10.7. The zero-order valence-corrected chi connectivity index (χ0v) is 12.7. The molecular formula is C14H11BrCl2O. The van der Waals surface area contributed by atoms with E-state index < -0.39 is 5.60 Å². The third-order valence-electron chi connectivity index (χ3n) is 2.86. The monoisotopic (exact) mass is 344 g/mol. The lowest BCUT2D eigenvalue weighted by molar-refractivity contribution is 0.102. The molecule has 1 atom stereocenters. The van der Waals surface area contributed by atoms with Gasteiger partial charge in [0.15, 0.2) is 0 Å². The van der Waals surface area contributed by atoms with Crippen molar-refractivity contribution >= 4 is 39.1 Å². The molecule has 94 valence electrons. The summed E-state index contributed by atoms with van der Waals surface area (Å²) in [5.74, 6) is 0. The summed E-state index contributed by atoms with van der Waals surface area (Å²) in [6, 6.07) is 12.7. The third kappa shape index (κ3) is 2.57. The maximum absolute atomic E-state index is 10.7. The molecule has 0 fully saturated rings. The number of benzene rings is 2. The van der Waals surface area contributed by atoms with Crippen LogP contribution in [-0.2, 0) is 5.60 Å². The second-order valence-corrected chi connectivity index (χ2v) is 5.88. The van der Waals surface area contributed by atoms with Crippen LogP contribution in [0, 0.1) is 0 Å². The van der Waals surface area contributed by atoms with E-state index in [1.54, 1.807) is 25.1 Å². The summed E-state index contributed by atoms with van der Waals surface area (Å²) in [4.78, 5) is 0. The molecule has 2 aromatic carbocycles. The molecule has 0 aromatic heterocycles. The molecule has 4 heteroatoms. The molecule has 1 unspecified atom stereocenters. The van der Waals surface area contributed by atoms with Gasteiger partial charge in [0.1, 0.15) is 5.60 Å². The fourth-order valence-electron chi connectivity index (χ4n) is 1.83. The standard InChI is InChI=1S/C14H11BrCl2O/c1-14(18,9-4-2-5-10(15)8-9)11-6-3-7-12(16)13(11)17/h2-8,18H,1H3. The Hall–Kier alpha value is -0.540. The third-order valence-corrected chi connectivity index (χ3v) is 4.17. The van der Waals surface area contributed by atoms with E-state index in [0.717, 1.165) is 10.0 Å². The van der Waals surface area contributed by atoms with Crippen molar-refractivity contribution < 1.29 is 5.11 Å². The maximum Gasteiger partial charge on any atom is 0.113 e. The second kappa shape index (κ2) is 5.22. The summed E-state index contributed by atoms with van der Waals surface area (Å²) in [7, 11) is 0. The molecular weight excluding hydrogens is 335 g/mol. The highest BCUT2D eigenvalue weighted by atomic mass is 79.9. The van der Waals surface area contributed by atoms with Crippen LogP contribution in [0.1, 0.15) is 18.1 Å². The van der Waals surface area contributed by atoms with E-state index in [0.29, 0.717) is 15.6 Å². The van der Waals surface area contributed by atoms with Crippen molar-refractivity contribution in [2.45, 2.75) is 12.5 Å². The van der Waals surface area contributed by atoms with Gasteiger partial charge in [-0.3, -0.25) is 0 Å². The van der Waals surface area contributed by atoms with Gasteiger partial charge in [-0.2, -0.15) is 0 Å². The molecule has 18 heavy (non-hydrogen) atoms. The normalized spacial score (nSPS) is 14.3. The Kier molecular flexibility index (Phi) is 4.02. The van der Waals surface area contributed by atoms with Crippen molar-refractivity contribution in [2.75, 3.05) is 0 Å². The van der Waals surface area contributed by atoms with Crippen LogP contribution in [0.25, 0.3) is 0 Å². The molecule has 0 saturated heterocycles. The highest BCUT2D eigenvalue weighted by Crippen LogP contribution is 2.37. The van der Waals surface area contributed by atoms with Crippen LogP contribution in [0.5, 0.6) is 0 Å². The van der Waals surface area contributed by atoms with E-state index >= 15 is 0 Å². The minimum atomic E-state index is -1.19. The van der Waals surface area contributed by atoms with Crippen LogP contribution in [0.4, 0.5) is 0 Å². The molecule has 0 spiro atoms. The van der Waals surface area contributed by atoms with Gasteiger partial charge < -0.3 is 5.11 Å². The predicted octanol–water partition coefficient (Wildman–Crippen LogP) is 5.01. The fourth-order valence-corrected chi connectivity index (χ4v) is 2.71. The van der Waals surface area contributed by atoms with Crippen LogP contribution >= 0.6 is 39.1 Å². The van der Waals surface area contributed by atoms with E-state index in [4.69, 9.17) is 23.2 Å². The molecule has 0 aliphatic rings. The second-order valence-electron chi connectivity index (χ2n) is 4.18. The lowest BCUT2D eigenvalue weighted by atomic mass is 9.88. The topological polar surface area (TPSA) is 20.2 Å². The minimum Gasteiger partial charge on any atom is -0.381 e. The van der Waals surface area contributed by atoms with Crippen LogP contribution in [-0.4, -0.2) is 5.11 Å². The lowest BCUT2D eigenvalue weighted by Crippen LogP contribution is -2.23. The van der Waals surface area contributed by atoms with Gasteiger partial charge in [-0.25, -0.2) is 0 Å². The zero-order valence-electron chi connectivity index (χ0n) is 9.62. The van der Waals surface area contributed by atoms with Crippen LogP contribution in [0.15, 0.2) is 46.9 Å². The molecule has 0 bridgehead atoms. The summed E-state index contributed by atoms with van der Waals surface area (Å²) in [6.07, 6.45) is 0. The molecule has 0 aliphatic carbocycles. The molecule has 2 rings (SSSR count). The van der Waals surface area contributed by atoms with Gasteiger partial charge in [-0.1, -0.05) is 63.4 Å². The smallest absolute Gasteiger partial charge is 0.113 e. The molecule has 0 radical (unpaired) electrons. The van der Waals surface area contributed by atoms with Gasteiger partial charge in [-0.05, 0) is 30.7 Å². The number of rotatable bonds is 2. The van der Waals surface area contributed by atoms with Gasteiger partial charge in [0, 0.05) is 10.0 Å².